The summed E-state index contributed by atoms with van der Waals surface area (Å²) in [4.78, 5) is 10.6. The number of hydrogen-bond acceptors (Lipinski definition) is 4. The Balaban J connectivity index is 1.30. The van der Waals surface area contributed by atoms with Crippen molar-refractivity contribution in [3.05, 3.63) is 89.2 Å². The second-order valence-electron chi connectivity index (χ2n) is 10.7. The highest BCUT2D eigenvalue weighted by Crippen LogP contribution is 2.39. The predicted octanol–water partition coefficient (Wildman–Crippen LogP) is 7.29. The number of benzene rings is 2. The average molecular weight is 549 g/mol. The van der Waals surface area contributed by atoms with Crippen LogP contribution < -0.4 is 0 Å². The average Bonchev–Trinajstić information content (AvgIpc) is 3.26. The molecule has 0 radical (unpaired) electrons. The minimum Gasteiger partial charge on any atom is -0.305 e. The molecule has 7 heteroatoms. The van der Waals surface area contributed by atoms with Gasteiger partial charge in [-0.25, -0.2) is 13.8 Å². The number of likely N-dealkylation sites (tertiary alicyclic amines) is 1. The van der Waals surface area contributed by atoms with E-state index in [9.17, 15) is 8.78 Å². The Hall–Kier alpha value is -2.74. The third-order valence-corrected chi connectivity index (χ3v) is 8.74. The molecule has 206 valence electrons. The maximum Gasteiger partial charge on any atom is 0.137 e. The van der Waals surface area contributed by atoms with Crippen molar-refractivity contribution in [1.82, 2.24) is 19.4 Å². The Kier molecular flexibility index (Phi) is 9.00. The number of pyridine rings is 1. The zero-order valence-electron chi connectivity index (χ0n) is 23.2. The molecular weight excluding hydrogens is 510 g/mol. The van der Waals surface area contributed by atoms with Crippen molar-refractivity contribution in [3.63, 3.8) is 0 Å². The summed E-state index contributed by atoms with van der Waals surface area (Å²) in [6, 6.07) is 16.2. The van der Waals surface area contributed by atoms with Gasteiger partial charge >= 0.3 is 0 Å². The van der Waals surface area contributed by atoms with Crippen LogP contribution in [0.4, 0.5) is 8.78 Å². The number of piperidine rings is 1. The lowest BCUT2D eigenvalue weighted by molar-refractivity contribution is 0.213. The van der Waals surface area contributed by atoms with Gasteiger partial charge in [-0.2, -0.15) is 0 Å². The number of halogens is 2. The highest BCUT2D eigenvalue weighted by molar-refractivity contribution is 7.99. The lowest BCUT2D eigenvalue weighted by Crippen LogP contribution is -2.34. The molecule has 0 amide bonds. The quantitative estimate of drug-likeness (QED) is 0.153. The molecule has 0 N–H and O–H groups in total. The van der Waals surface area contributed by atoms with Crippen molar-refractivity contribution in [3.8, 4) is 5.82 Å². The minimum absolute atomic E-state index is 0.184. The fraction of sp³-hybridized carbons (Fsp3) is 0.406. The van der Waals surface area contributed by atoms with Gasteiger partial charge in [-0.05, 0) is 131 Å². The van der Waals surface area contributed by atoms with Crippen LogP contribution in [-0.2, 0) is 13.0 Å². The zero-order chi connectivity index (χ0) is 27.4. The highest BCUT2D eigenvalue weighted by atomic mass is 32.2. The van der Waals surface area contributed by atoms with E-state index >= 15 is 0 Å². The van der Waals surface area contributed by atoms with Crippen molar-refractivity contribution >= 4 is 22.7 Å². The number of aromatic nitrogens is 2. The van der Waals surface area contributed by atoms with E-state index in [1.54, 1.807) is 23.9 Å². The summed E-state index contributed by atoms with van der Waals surface area (Å²) in [6.45, 7) is 6.25. The molecule has 3 heterocycles. The van der Waals surface area contributed by atoms with Gasteiger partial charge in [-0.1, -0.05) is 13.0 Å². The Morgan fingerprint density at radius 2 is 1.72 bits per heavy atom. The van der Waals surface area contributed by atoms with Crippen LogP contribution in [0.15, 0.2) is 65.7 Å². The van der Waals surface area contributed by atoms with Crippen LogP contribution in [0.1, 0.15) is 48.9 Å². The SMILES string of the molecule is CCc1c(C2CCN(CCCSc3ccc(F)cc3)CC2)c2ccc(F)cc2n1-c1ccc(CN(C)C)cn1. The van der Waals surface area contributed by atoms with Crippen molar-refractivity contribution in [2.75, 3.05) is 39.5 Å². The zero-order valence-corrected chi connectivity index (χ0v) is 24.0. The molecule has 0 saturated carbocycles. The van der Waals surface area contributed by atoms with Crippen LogP contribution in [0.3, 0.4) is 0 Å². The number of hydrogen-bond donors (Lipinski definition) is 0. The van der Waals surface area contributed by atoms with E-state index < -0.39 is 0 Å². The molecule has 0 spiro atoms. The van der Waals surface area contributed by atoms with Crippen LogP contribution in [0, 0.1) is 11.6 Å². The molecule has 0 bridgehead atoms. The molecule has 4 aromatic rings. The van der Waals surface area contributed by atoms with Crippen LogP contribution in [0.25, 0.3) is 16.7 Å². The molecule has 0 unspecified atom stereocenters. The first kappa shape index (κ1) is 27.8. The van der Waals surface area contributed by atoms with Gasteiger partial charge < -0.3 is 9.80 Å². The second kappa shape index (κ2) is 12.6. The molecule has 2 aromatic carbocycles. The molecule has 1 fully saturated rings. The second-order valence-corrected chi connectivity index (χ2v) is 11.9. The fourth-order valence-corrected chi connectivity index (χ4v) is 6.70. The molecule has 0 aliphatic carbocycles. The lowest BCUT2D eigenvalue weighted by Gasteiger charge is -2.32. The van der Waals surface area contributed by atoms with Gasteiger partial charge in [0.1, 0.15) is 17.5 Å². The van der Waals surface area contributed by atoms with Gasteiger partial charge in [0.25, 0.3) is 0 Å². The van der Waals surface area contributed by atoms with E-state index in [0.717, 1.165) is 84.8 Å². The molecule has 1 saturated heterocycles. The van der Waals surface area contributed by atoms with Crippen molar-refractivity contribution in [1.29, 1.82) is 0 Å². The molecule has 2 aromatic heterocycles. The van der Waals surface area contributed by atoms with Gasteiger partial charge in [0.15, 0.2) is 0 Å². The van der Waals surface area contributed by atoms with Crippen molar-refractivity contribution in [2.45, 2.75) is 50.0 Å². The van der Waals surface area contributed by atoms with E-state index in [2.05, 4.69) is 47.5 Å². The summed E-state index contributed by atoms with van der Waals surface area (Å²) in [5, 5.41) is 1.15. The van der Waals surface area contributed by atoms with Gasteiger partial charge in [0, 0.05) is 28.7 Å². The maximum atomic E-state index is 14.5. The monoisotopic (exact) mass is 548 g/mol. The van der Waals surface area contributed by atoms with Gasteiger partial charge in [-0.15, -0.1) is 11.8 Å². The van der Waals surface area contributed by atoms with E-state index in [-0.39, 0.29) is 11.6 Å². The maximum absolute atomic E-state index is 14.5. The van der Waals surface area contributed by atoms with E-state index in [0.29, 0.717) is 5.92 Å². The Morgan fingerprint density at radius 1 is 0.974 bits per heavy atom. The summed E-state index contributed by atoms with van der Waals surface area (Å²) in [7, 11) is 4.10. The molecule has 1 aliphatic rings. The van der Waals surface area contributed by atoms with Gasteiger partial charge in [0.2, 0.25) is 0 Å². The number of rotatable bonds is 10. The van der Waals surface area contributed by atoms with Crippen molar-refractivity contribution in [2.24, 2.45) is 0 Å². The van der Waals surface area contributed by atoms with Crippen LogP contribution in [0.2, 0.25) is 0 Å². The van der Waals surface area contributed by atoms with E-state index in [4.69, 9.17) is 4.98 Å². The largest absolute Gasteiger partial charge is 0.305 e. The summed E-state index contributed by atoms with van der Waals surface area (Å²) in [5.74, 6) is 1.94. The lowest BCUT2D eigenvalue weighted by atomic mass is 9.87. The first-order valence-corrected chi connectivity index (χ1v) is 14.9. The Labute approximate surface area is 235 Å². The Morgan fingerprint density at radius 3 is 2.38 bits per heavy atom. The normalized spacial score (nSPS) is 15.0. The van der Waals surface area contributed by atoms with Crippen LogP contribution in [0.5, 0.6) is 0 Å². The van der Waals surface area contributed by atoms with Gasteiger partial charge in [-0.3, -0.25) is 4.57 Å². The molecule has 5 rings (SSSR count). The summed E-state index contributed by atoms with van der Waals surface area (Å²) in [6.07, 6.45) is 6.12. The number of thioether (sulfide) groups is 1. The van der Waals surface area contributed by atoms with Crippen LogP contribution in [-0.4, -0.2) is 58.8 Å². The molecule has 4 nitrogen and oxygen atoms in total. The van der Waals surface area contributed by atoms with Crippen molar-refractivity contribution < 1.29 is 8.78 Å². The highest BCUT2D eigenvalue weighted by Gasteiger charge is 2.28. The molecule has 1 aliphatic heterocycles. The summed E-state index contributed by atoms with van der Waals surface area (Å²) < 4.78 is 29.8. The standard InChI is InChI=1S/C32H38F2N4S/c1-4-29-32(24-14-17-37(18-15-24)16-5-19-39-27-10-7-25(33)8-11-27)28-12-9-26(34)20-30(28)38(29)31-13-6-23(21-35-31)22-36(2)3/h6-13,20-21,24H,4-5,14-19,22H2,1-3H3. The third kappa shape index (κ3) is 6.53. The first-order chi connectivity index (χ1) is 18.9. The van der Waals surface area contributed by atoms with Crippen LogP contribution >= 0.6 is 11.8 Å². The van der Waals surface area contributed by atoms with E-state index in [1.807, 2.05) is 24.4 Å². The fourth-order valence-electron chi connectivity index (χ4n) is 5.87. The Bertz CT molecular complexity index is 1370. The molecule has 39 heavy (non-hydrogen) atoms. The molecule has 0 atom stereocenters. The topological polar surface area (TPSA) is 24.3 Å². The third-order valence-electron chi connectivity index (χ3n) is 7.64. The number of nitrogens with zero attached hydrogens (tertiary/aromatic N) is 4. The number of fused-ring (bicyclic) bond motifs is 1. The molecular formula is C32H38F2N4S. The summed E-state index contributed by atoms with van der Waals surface area (Å²) in [5.41, 5.74) is 4.69. The first-order valence-electron chi connectivity index (χ1n) is 14.0. The smallest absolute Gasteiger partial charge is 0.137 e. The summed E-state index contributed by atoms with van der Waals surface area (Å²) >= 11 is 1.79. The predicted molar refractivity (Wildman–Crippen MR) is 158 cm³/mol. The minimum atomic E-state index is -0.215. The van der Waals surface area contributed by atoms with Gasteiger partial charge in [0.05, 0.1) is 5.52 Å². The van der Waals surface area contributed by atoms with E-state index in [1.165, 1.54) is 23.4 Å².